The zero-order valence-electron chi connectivity index (χ0n) is 9.85. The summed E-state index contributed by atoms with van der Waals surface area (Å²) in [7, 11) is 0. The first-order valence-corrected chi connectivity index (χ1v) is 5.93. The molecule has 0 aromatic heterocycles. The Balaban J connectivity index is 2.13. The van der Waals surface area contributed by atoms with E-state index < -0.39 is 5.92 Å². The van der Waals surface area contributed by atoms with Gasteiger partial charge in [0.25, 0.3) is 11.8 Å². The van der Waals surface area contributed by atoms with Crippen LogP contribution in [0.15, 0.2) is 30.3 Å². The predicted octanol–water partition coefficient (Wildman–Crippen LogP) is 1.87. The Kier molecular flexibility index (Phi) is 3.42. The van der Waals surface area contributed by atoms with Crippen LogP contribution in [-0.2, 0) is 9.59 Å². The predicted molar refractivity (Wildman–Crippen MR) is 65.1 cm³/mol. The van der Waals surface area contributed by atoms with Gasteiger partial charge in [-0.05, 0) is 18.6 Å². The van der Waals surface area contributed by atoms with Crippen molar-refractivity contribution < 1.29 is 9.59 Å². The van der Waals surface area contributed by atoms with E-state index in [1.54, 1.807) is 12.1 Å². The van der Waals surface area contributed by atoms with Gasteiger partial charge in [0.15, 0.2) is 0 Å². The zero-order valence-corrected chi connectivity index (χ0v) is 9.85. The second-order valence-corrected chi connectivity index (χ2v) is 4.18. The van der Waals surface area contributed by atoms with Crippen molar-refractivity contribution in [1.82, 2.24) is 5.43 Å². The molecule has 0 radical (unpaired) electrons. The Hall–Kier alpha value is -1.84. The van der Waals surface area contributed by atoms with Gasteiger partial charge in [-0.1, -0.05) is 38.0 Å². The summed E-state index contributed by atoms with van der Waals surface area (Å²) in [6.45, 7) is 2.05. The molecule has 1 aromatic carbocycles. The molecule has 2 rings (SSSR count). The van der Waals surface area contributed by atoms with Crippen molar-refractivity contribution in [2.24, 2.45) is 5.92 Å². The van der Waals surface area contributed by atoms with Crippen molar-refractivity contribution in [2.75, 3.05) is 5.01 Å². The first-order valence-electron chi connectivity index (χ1n) is 5.93. The van der Waals surface area contributed by atoms with E-state index in [-0.39, 0.29) is 11.8 Å². The Bertz CT molecular complexity index is 417. The van der Waals surface area contributed by atoms with E-state index in [0.717, 1.165) is 12.8 Å². The highest BCUT2D eigenvalue weighted by Gasteiger charge is 2.39. The standard InChI is InChI=1S/C13H16N2O2/c1-2-3-9-11-12(16)14-15(13(11)17)10-7-5-4-6-8-10/h4-8,11H,2-3,9H2,1H3,(H,14,16)/t11-/m0/s1. The van der Waals surface area contributed by atoms with E-state index in [4.69, 9.17) is 0 Å². The summed E-state index contributed by atoms with van der Waals surface area (Å²) in [6.07, 6.45) is 2.51. The van der Waals surface area contributed by atoms with Crippen molar-refractivity contribution in [2.45, 2.75) is 26.2 Å². The van der Waals surface area contributed by atoms with E-state index in [2.05, 4.69) is 5.43 Å². The van der Waals surface area contributed by atoms with Crippen LogP contribution in [0.2, 0.25) is 0 Å². The highest BCUT2D eigenvalue weighted by atomic mass is 16.2. The summed E-state index contributed by atoms with van der Waals surface area (Å²) < 4.78 is 0. The van der Waals surface area contributed by atoms with Gasteiger partial charge < -0.3 is 0 Å². The molecule has 0 saturated carbocycles. The Morgan fingerprint density at radius 1 is 1.24 bits per heavy atom. The molecule has 1 heterocycles. The van der Waals surface area contributed by atoms with Crippen molar-refractivity contribution in [3.05, 3.63) is 30.3 Å². The summed E-state index contributed by atoms with van der Waals surface area (Å²) in [6, 6.07) is 9.17. The number of hydrogen-bond donors (Lipinski definition) is 1. The molecule has 1 aliphatic heterocycles. The number of anilines is 1. The van der Waals surface area contributed by atoms with Gasteiger partial charge in [0.05, 0.1) is 5.69 Å². The minimum Gasteiger partial charge on any atom is -0.272 e. The van der Waals surface area contributed by atoms with Crippen LogP contribution in [0, 0.1) is 5.92 Å². The maximum atomic E-state index is 12.1. The number of carbonyl (C=O) groups excluding carboxylic acids is 2. The van der Waals surface area contributed by atoms with Gasteiger partial charge in [-0.15, -0.1) is 0 Å². The van der Waals surface area contributed by atoms with Gasteiger partial charge in [0.1, 0.15) is 5.92 Å². The molecule has 1 fully saturated rings. The summed E-state index contributed by atoms with van der Waals surface area (Å²) >= 11 is 0. The second kappa shape index (κ2) is 4.99. The maximum Gasteiger partial charge on any atom is 0.258 e. The van der Waals surface area contributed by atoms with Crippen molar-refractivity contribution in [3.8, 4) is 0 Å². The van der Waals surface area contributed by atoms with E-state index >= 15 is 0 Å². The Morgan fingerprint density at radius 2 is 1.94 bits per heavy atom. The van der Waals surface area contributed by atoms with E-state index in [1.807, 2.05) is 25.1 Å². The molecule has 1 aromatic rings. The third kappa shape index (κ3) is 2.30. The van der Waals surface area contributed by atoms with Crippen LogP contribution in [0.3, 0.4) is 0 Å². The number of benzene rings is 1. The quantitative estimate of drug-likeness (QED) is 0.806. The van der Waals surface area contributed by atoms with Gasteiger partial charge in [-0.3, -0.25) is 15.0 Å². The lowest BCUT2D eigenvalue weighted by atomic mass is 10.0. The second-order valence-electron chi connectivity index (χ2n) is 4.18. The van der Waals surface area contributed by atoms with Crippen LogP contribution in [0.4, 0.5) is 5.69 Å². The van der Waals surface area contributed by atoms with Gasteiger partial charge in [0.2, 0.25) is 0 Å². The lowest BCUT2D eigenvalue weighted by Crippen LogP contribution is -2.35. The molecule has 1 N–H and O–H groups in total. The molecule has 0 aliphatic carbocycles. The summed E-state index contributed by atoms with van der Waals surface area (Å²) in [5, 5.41) is 1.35. The average molecular weight is 232 g/mol. The van der Waals surface area contributed by atoms with Crippen molar-refractivity contribution >= 4 is 17.5 Å². The number of unbranched alkanes of at least 4 members (excludes halogenated alkanes) is 1. The van der Waals surface area contributed by atoms with Crippen LogP contribution < -0.4 is 10.4 Å². The number of para-hydroxylation sites is 1. The molecular formula is C13H16N2O2. The average Bonchev–Trinajstić information content (AvgIpc) is 2.64. The Morgan fingerprint density at radius 3 is 2.59 bits per heavy atom. The fourth-order valence-electron chi connectivity index (χ4n) is 1.94. The SMILES string of the molecule is CCCC[C@H]1C(=O)NN(c2ccccc2)C1=O. The first-order chi connectivity index (χ1) is 8.24. The van der Waals surface area contributed by atoms with E-state index in [0.29, 0.717) is 12.1 Å². The molecule has 0 unspecified atom stereocenters. The monoisotopic (exact) mass is 232 g/mol. The molecule has 17 heavy (non-hydrogen) atoms. The fraction of sp³-hybridized carbons (Fsp3) is 0.385. The van der Waals surface area contributed by atoms with Crippen molar-refractivity contribution in [3.63, 3.8) is 0 Å². The molecule has 4 heteroatoms. The first kappa shape index (κ1) is 11.6. The number of hydrogen-bond acceptors (Lipinski definition) is 2. The minimum absolute atomic E-state index is 0.144. The highest BCUT2D eigenvalue weighted by Crippen LogP contribution is 2.22. The van der Waals surface area contributed by atoms with Crippen LogP contribution in [0.25, 0.3) is 0 Å². The Labute approximate surface area is 101 Å². The van der Waals surface area contributed by atoms with Gasteiger partial charge in [-0.25, -0.2) is 5.01 Å². The third-order valence-electron chi connectivity index (χ3n) is 2.92. The van der Waals surface area contributed by atoms with E-state index in [1.165, 1.54) is 5.01 Å². The fourth-order valence-corrected chi connectivity index (χ4v) is 1.94. The van der Waals surface area contributed by atoms with E-state index in [9.17, 15) is 9.59 Å². The number of hydrazine groups is 1. The molecule has 1 saturated heterocycles. The topological polar surface area (TPSA) is 49.4 Å². The van der Waals surface area contributed by atoms with Crippen LogP contribution in [-0.4, -0.2) is 11.8 Å². The number of carbonyl (C=O) groups is 2. The minimum atomic E-state index is -0.518. The summed E-state index contributed by atoms with van der Waals surface area (Å²) in [5.74, 6) is -0.850. The summed E-state index contributed by atoms with van der Waals surface area (Å²) in [4.78, 5) is 23.8. The molecule has 1 atom stereocenters. The van der Waals surface area contributed by atoms with Crippen LogP contribution in [0.1, 0.15) is 26.2 Å². The molecule has 2 amide bonds. The molecule has 4 nitrogen and oxygen atoms in total. The highest BCUT2D eigenvalue weighted by molar-refractivity contribution is 6.14. The lowest BCUT2D eigenvalue weighted by Gasteiger charge is -2.14. The van der Waals surface area contributed by atoms with Gasteiger partial charge in [0, 0.05) is 0 Å². The maximum absolute atomic E-state index is 12.1. The lowest BCUT2D eigenvalue weighted by molar-refractivity contribution is -0.127. The zero-order chi connectivity index (χ0) is 12.3. The molecule has 0 spiro atoms. The molecular weight excluding hydrogens is 216 g/mol. The normalized spacial score (nSPS) is 19.6. The number of rotatable bonds is 4. The third-order valence-corrected chi connectivity index (χ3v) is 2.92. The van der Waals surface area contributed by atoms with Crippen molar-refractivity contribution in [1.29, 1.82) is 0 Å². The number of nitrogens with zero attached hydrogens (tertiary/aromatic N) is 1. The molecule has 1 aliphatic rings. The summed E-state index contributed by atoms with van der Waals surface area (Å²) in [5.41, 5.74) is 3.34. The number of nitrogens with one attached hydrogen (secondary N) is 1. The van der Waals surface area contributed by atoms with Crippen LogP contribution in [0.5, 0.6) is 0 Å². The van der Waals surface area contributed by atoms with Gasteiger partial charge in [-0.2, -0.15) is 0 Å². The smallest absolute Gasteiger partial charge is 0.258 e. The molecule has 0 bridgehead atoms. The van der Waals surface area contributed by atoms with Crippen LogP contribution >= 0.6 is 0 Å². The molecule has 90 valence electrons. The largest absolute Gasteiger partial charge is 0.272 e. The van der Waals surface area contributed by atoms with Gasteiger partial charge >= 0.3 is 0 Å². The number of amides is 2.